The van der Waals surface area contributed by atoms with Crippen molar-refractivity contribution < 1.29 is 0 Å². The lowest BCUT2D eigenvalue weighted by Crippen LogP contribution is -2.11. The molecule has 17 heavy (non-hydrogen) atoms. The third-order valence-corrected chi connectivity index (χ3v) is 3.37. The van der Waals surface area contributed by atoms with Crippen molar-refractivity contribution in [1.82, 2.24) is 19.7 Å². The van der Waals surface area contributed by atoms with E-state index in [9.17, 15) is 4.79 Å². The highest BCUT2D eigenvalue weighted by molar-refractivity contribution is 9.10. The summed E-state index contributed by atoms with van der Waals surface area (Å²) in [5.41, 5.74) is 1.30. The number of aryl methyl sites for hydroxylation is 1. The SMILES string of the molecule is Cc1nc(-c2cnn(C(C)C)c2)[nH]c(=O)c1Br. The smallest absolute Gasteiger partial charge is 0.265 e. The topological polar surface area (TPSA) is 63.6 Å². The van der Waals surface area contributed by atoms with E-state index in [0.29, 0.717) is 16.0 Å². The number of nitrogens with zero attached hydrogens (tertiary/aromatic N) is 3. The van der Waals surface area contributed by atoms with Crippen LogP contribution < -0.4 is 5.56 Å². The number of aromatic amines is 1. The molecule has 2 aromatic heterocycles. The third kappa shape index (κ3) is 2.31. The summed E-state index contributed by atoms with van der Waals surface area (Å²) in [4.78, 5) is 18.6. The minimum absolute atomic E-state index is 0.176. The molecule has 0 atom stereocenters. The summed E-state index contributed by atoms with van der Waals surface area (Å²) >= 11 is 3.19. The zero-order chi connectivity index (χ0) is 12.6. The van der Waals surface area contributed by atoms with Crippen LogP contribution in [0.1, 0.15) is 25.6 Å². The van der Waals surface area contributed by atoms with Gasteiger partial charge in [0.2, 0.25) is 0 Å². The second-order valence-electron chi connectivity index (χ2n) is 4.12. The van der Waals surface area contributed by atoms with Gasteiger partial charge in [-0.3, -0.25) is 9.48 Å². The molecular formula is C11H13BrN4O. The lowest BCUT2D eigenvalue weighted by atomic mass is 10.3. The van der Waals surface area contributed by atoms with E-state index in [1.165, 1.54) is 0 Å². The van der Waals surface area contributed by atoms with Gasteiger partial charge < -0.3 is 4.98 Å². The Balaban J connectivity index is 2.49. The summed E-state index contributed by atoms with van der Waals surface area (Å²) in [6, 6.07) is 0.284. The van der Waals surface area contributed by atoms with Gasteiger partial charge in [-0.05, 0) is 36.7 Å². The maximum Gasteiger partial charge on any atom is 0.265 e. The Hall–Kier alpha value is -1.43. The van der Waals surface area contributed by atoms with Crippen molar-refractivity contribution in [2.45, 2.75) is 26.8 Å². The molecule has 0 unspecified atom stereocenters. The third-order valence-electron chi connectivity index (χ3n) is 2.43. The van der Waals surface area contributed by atoms with Crippen molar-refractivity contribution in [2.75, 3.05) is 0 Å². The first-order chi connectivity index (χ1) is 7.99. The average molecular weight is 297 g/mol. The van der Waals surface area contributed by atoms with Crippen LogP contribution >= 0.6 is 15.9 Å². The molecule has 6 heteroatoms. The van der Waals surface area contributed by atoms with Gasteiger partial charge in [-0.15, -0.1) is 0 Å². The molecule has 2 rings (SSSR count). The molecule has 0 aliphatic heterocycles. The quantitative estimate of drug-likeness (QED) is 0.925. The van der Waals surface area contributed by atoms with Crippen molar-refractivity contribution in [3.63, 3.8) is 0 Å². The molecule has 2 aromatic rings. The molecule has 0 radical (unpaired) electrons. The normalized spacial score (nSPS) is 11.1. The highest BCUT2D eigenvalue weighted by Crippen LogP contribution is 2.17. The summed E-state index contributed by atoms with van der Waals surface area (Å²) in [6.07, 6.45) is 3.57. The lowest BCUT2D eigenvalue weighted by Gasteiger charge is -2.03. The van der Waals surface area contributed by atoms with Crippen molar-refractivity contribution in [3.05, 3.63) is 32.9 Å². The van der Waals surface area contributed by atoms with Crippen molar-refractivity contribution >= 4 is 15.9 Å². The minimum atomic E-state index is -0.176. The van der Waals surface area contributed by atoms with Gasteiger partial charge in [-0.25, -0.2) is 4.98 Å². The first-order valence-corrected chi connectivity index (χ1v) is 6.09. The van der Waals surface area contributed by atoms with Gasteiger partial charge in [0.1, 0.15) is 10.3 Å². The molecule has 90 valence electrons. The fourth-order valence-corrected chi connectivity index (χ4v) is 1.64. The van der Waals surface area contributed by atoms with Crippen molar-refractivity contribution in [1.29, 1.82) is 0 Å². The van der Waals surface area contributed by atoms with Crippen LogP contribution in [0.25, 0.3) is 11.4 Å². The van der Waals surface area contributed by atoms with Crippen LogP contribution in [0.4, 0.5) is 0 Å². The zero-order valence-electron chi connectivity index (χ0n) is 9.86. The Morgan fingerprint density at radius 1 is 1.47 bits per heavy atom. The summed E-state index contributed by atoms with van der Waals surface area (Å²) in [6.45, 7) is 5.87. The fourth-order valence-electron chi connectivity index (χ4n) is 1.45. The van der Waals surface area contributed by atoms with E-state index in [4.69, 9.17) is 0 Å². The van der Waals surface area contributed by atoms with E-state index in [2.05, 4.69) is 31.0 Å². The number of aromatic nitrogens is 4. The first kappa shape index (κ1) is 12.0. The van der Waals surface area contributed by atoms with Crippen LogP contribution in [0.15, 0.2) is 21.7 Å². The number of nitrogens with one attached hydrogen (secondary N) is 1. The Morgan fingerprint density at radius 2 is 2.18 bits per heavy atom. The monoisotopic (exact) mass is 296 g/mol. The molecule has 0 aromatic carbocycles. The number of rotatable bonds is 2. The van der Waals surface area contributed by atoms with E-state index >= 15 is 0 Å². The highest BCUT2D eigenvalue weighted by atomic mass is 79.9. The fraction of sp³-hybridized carbons (Fsp3) is 0.364. The average Bonchev–Trinajstić information content (AvgIpc) is 2.74. The summed E-state index contributed by atoms with van der Waals surface area (Å²) < 4.78 is 2.30. The van der Waals surface area contributed by atoms with Crippen molar-refractivity contribution in [3.8, 4) is 11.4 Å². The summed E-state index contributed by atoms with van der Waals surface area (Å²) in [5.74, 6) is 0.544. The first-order valence-electron chi connectivity index (χ1n) is 5.30. The maximum atomic E-state index is 11.6. The molecule has 0 fully saturated rings. The predicted octanol–water partition coefficient (Wildman–Crippen LogP) is 2.29. The molecule has 0 spiro atoms. The Bertz CT molecular complexity index is 600. The summed E-state index contributed by atoms with van der Waals surface area (Å²) in [5, 5.41) is 4.22. The summed E-state index contributed by atoms with van der Waals surface area (Å²) in [7, 11) is 0. The maximum absolute atomic E-state index is 11.6. The van der Waals surface area contributed by atoms with Crippen molar-refractivity contribution in [2.24, 2.45) is 0 Å². The van der Waals surface area contributed by atoms with E-state index in [1.807, 2.05) is 24.7 Å². The molecular weight excluding hydrogens is 284 g/mol. The number of hydrogen-bond donors (Lipinski definition) is 1. The Labute approximate surface area is 107 Å². The molecule has 1 N–H and O–H groups in total. The second kappa shape index (κ2) is 4.44. The van der Waals surface area contributed by atoms with Gasteiger partial charge in [-0.1, -0.05) is 0 Å². The molecule has 0 aliphatic rings. The van der Waals surface area contributed by atoms with Crippen LogP contribution in [0.2, 0.25) is 0 Å². The van der Waals surface area contributed by atoms with Crippen LogP contribution in [-0.2, 0) is 0 Å². The second-order valence-corrected chi connectivity index (χ2v) is 4.91. The van der Waals surface area contributed by atoms with Gasteiger partial charge in [0.25, 0.3) is 5.56 Å². The largest absolute Gasteiger partial charge is 0.305 e. The van der Waals surface area contributed by atoms with E-state index < -0.39 is 0 Å². The van der Waals surface area contributed by atoms with Gasteiger partial charge in [-0.2, -0.15) is 5.10 Å². The van der Waals surface area contributed by atoms with Crippen LogP contribution in [0, 0.1) is 6.92 Å². The van der Waals surface area contributed by atoms with Gasteiger partial charge in [0.15, 0.2) is 0 Å². The molecule has 5 nitrogen and oxygen atoms in total. The number of H-pyrrole nitrogens is 1. The van der Waals surface area contributed by atoms with Gasteiger partial charge in [0.05, 0.1) is 17.5 Å². The molecule has 0 saturated carbocycles. The Kier molecular flexibility index (Phi) is 3.15. The van der Waals surface area contributed by atoms with Crippen LogP contribution in [-0.4, -0.2) is 19.7 Å². The predicted molar refractivity (Wildman–Crippen MR) is 68.9 cm³/mol. The minimum Gasteiger partial charge on any atom is -0.305 e. The van der Waals surface area contributed by atoms with E-state index in [0.717, 1.165) is 5.56 Å². The molecule has 0 aliphatic carbocycles. The molecule has 0 bridgehead atoms. The standard InChI is InChI=1S/C11H13BrN4O/c1-6(2)16-5-8(4-13-16)10-14-7(3)9(12)11(17)15-10/h4-6H,1-3H3,(H,14,15,17). The zero-order valence-corrected chi connectivity index (χ0v) is 11.4. The Morgan fingerprint density at radius 3 is 2.71 bits per heavy atom. The molecule has 2 heterocycles. The van der Waals surface area contributed by atoms with Gasteiger partial charge in [0, 0.05) is 12.2 Å². The van der Waals surface area contributed by atoms with E-state index in [-0.39, 0.29) is 11.6 Å². The lowest BCUT2D eigenvalue weighted by molar-refractivity contribution is 0.532. The van der Waals surface area contributed by atoms with Crippen LogP contribution in [0.5, 0.6) is 0 Å². The van der Waals surface area contributed by atoms with E-state index in [1.54, 1.807) is 13.1 Å². The highest BCUT2D eigenvalue weighted by Gasteiger charge is 2.09. The van der Waals surface area contributed by atoms with Crippen LogP contribution in [0.3, 0.4) is 0 Å². The number of halogens is 1. The number of hydrogen-bond acceptors (Lipinski definition) is 3. The molecule has 0 saturated heterocycles. The van der Waals surface area contributed by atoms with Gasteiger partial charge >= 0.3 is 0 Å². The molecule has 0 amide bonds.